The number of nitrogens with zero attached hydrogens (tertiary/aromatic N) is 1. The Bertz CT molecular complexity index is 452. The van der Waals surface area contributed by atoms with Gasteiger partial charge in [0.25, 0.3) is 0 Å². The van der Waals surface area contributed by atoms with Gasteiger partial charge in [0.2, 0.25) is 0 Å². The third kappa shape index (κ3) is 1.62. The van der Waals surface area contributed by atoms with Crippen LogP contribution < -0.4 is 5.32 Å². The van der Waals surface area contributed by atoms with E-state index in [4.69, 9.17) is 16.0 Å². The number of amides is 1. The quantitative estimate of drug-likeness (QED) is 0.564. The highest BCUT2D eigenvalue weighted by Crippen LogP contribution is 2.17. The van der Waals surface area contributed by atoms with E-state index in [1.165, 1.54) is 6.39 Å². The van der Waals surface area contributed by atoms with Crippen molar-refractivity contribution in [1.82, 2.24) is 4.98 Å². The molecule has 1 heterocycles. The number of benzene rings is 1. The molecular weight excluding hydrogens is 192 g/mol. The second-order valence-electron chi connectivity index (χ2n) is 2.43. The van der Waals surface area contributed by atoms with Crippen LogP contribution in [0.5, 0.6) is 0 Å². The number of halogens is 1. The van der Waals surface area contributed by atoms with Crippen LogP contribution in [0.4, 0.5) is 10.5 Å². The number of fused-ring (bicyclic) bond motifs is 1. The lowest BCUT2D eigenvalue weighted by Crippen LogP contribution is -2.00. The molecule has 0 unspecified atom stereocenters. The van der Waals surface area contributed by atoms with Gasteiger partial charge in [-0.3, -0.25) is 4.79 Å². The fourth-order valence-electron chi connectivity index (χ4n) is 1.05. The largest absolute Gasteiger partial charge is 0.443 e. The summed E-state index contributed by atoms with van der Waals surface area (Å²) in [5.41, 5.74) is 1.94. The van der Waals surface area contributed by atoms with Gasteiger partial charge in [-0.15, -0.1) is 0 Å². The summed E-state index contributed by atoms with van der Waals surface area (Å²) in [5, 5.41) is 1.80. The van der Waals surface area contributed by atoms with E-state index in [0.717, 1.165) is 5.52 Å². The summed E-state index contributed by atoms with van der Waals surface area (Å²) in [6.07, 6.45) is 1.34. The molecule has 0 aliphatic carbocycles. The molecule has 1 N–H and O–H groups in total. The number of hydrogen-bond donors (Lipinski definition) is 1. The molecule has 5 heteroatoms. The van der Waals surface area contributed by atoms with Gasteiger partial charge in [0.05, 0.1) is 0 Å². The number of rotatable bonds is 1. The third-order valence-electron chi connectivity index (χ3n) is 1.57. The first-order valence-corrected chi connectivity index (χ1v) is 3.93. The molecule has 0 aliphatic heterocycles. The van der Waals surface area contributed by atoms with Crippen LogP contribution in [-0.2, 0) is 0 Å². The number of aromatic nitrogens is 1. The number of hydrogen-bond acceptors (Lipinski definition) is 3. The summed E-state index contributed by atoms with van der Waals surface area (Å²) in [6, 6.07) is 5.09. The van der Waals surface area contributed by atoms with Crippen molar-refractivity contribution in [2.45, 2.75) is 0 Å². The number of anilines is 1. The maximum Gasteiger partial charge on any atom is 0.318 e. The van der Waals surface area contributed by atoms with Crippen molar-refractivity contribution in [1.29, 1.82) is 0 Å². The van der Waals surface area contributed by atoms with Gasteiger partial charge in [-0.05, 0) is 23.7 Å². The van der Waals surface area contributed by atoms with Crippen molar-refractivity contribution in [2.75, 3.05) is 5.32 Å². The topological polar surface area (TPSA) is 55.1 Å². The van der Waals surface area contributed by atoms with Crippen LogP contribution in [0.25, 0.3) is 11.1 Å². The molecule has 1 amide bonds. The Hall–Kier alpha value is -1.55. The molecule has 0 aliphatic rings. The zero-order valence-corrected chi connectivity index (χ0v) is 7.21. The number of carbonyl (C=O) groups excluding carboxylic acids is 1. The highest BCUT2D eigenvalue weighted by atomic mass is 35.5. The van der Waals surface area contributed by atoms with Crippen molar-refractivity contribution in [2.24, 2.45) is 0 Å². The monoisotopic (exact) mass is 196 g/mol. The molecule has 0 atom stereocenters. The highest BCUT2D eigenvalue weighted by molar-refractivity contribution is 6.65. The van der Waals surface area contributed by atoms with Crippen LogP contribution in [0.3, 0.4) is 0 Å². The van der Waals surface area contributed by atoms with Crippen molar-refractivity contribution in [3.05, 3.63) is 24.6 Å². The molecule has 66 valence electrons. The second kappa shape index (κ2) is 3.06. The SMILES string of the molecule is O=C(Cl)Nc1ccc2ncoc2c1. The standard InChI is InChI=1S/C8H5ClN2O2/c9-8(12)11-5-1-2-6-7(3-5)13-4-10-6/h1-4H,(H,11,12). The Morgan fingerprint density at radius 2 is 2.38 bits per heavy atom. The molecule has 0 fully saturated rings. The first kappa shape index (κ1) is 8.07. The molecule has 0 radical (unpaired) electrons. The summed E-state index contributed by atoms with van der Waals surface area (Å²) in [7, 11) is 0. The number of oxazole rings is 1. The molecular formula is C8H5ClN2O2. The van der Waals surface area contributed by atoms with Crippen LogP contribution in [0, 0.1) is 0 Å². The molecule has 2 aromatic rings. The minimum Gasteiger partial charge on any atom is -0.443 e. The fourth-order valence-corrected chi connectivity index (χ4v) is 1.16. The van der Waals surface area contributed by atoms with Gasteiger partial charge in [-0.1, -0.05) is 0 Å². The molecule has 1 aromatic heterocycles. The Labute approximate surface area is 78.5 Å². The predicted octanol–water partition coefficient (Wildman–Crippen LogP) is 2.60. The van der Waals surface area contributed by atoms with Crippen LogP contribution >= 0.6 is 11.6 Å². The Kier molecular flexibility index (Phi) is 1.90. The van der Waals surface area contributed by atoms with Crippen molar-refractivity contribution in [3.63, 3.8) is 0 Å². The molecule has 0 saturated heterocycles. The van der Waals surface area contributed by atoms with E-state index in [-0.39, 0.29) is 0 Å². The summed E-state index contributed by atoms with van der Waals surface area (Å²) < 4.78 is 5.03. The first-order valence-electron chi connectivity index (χ1n) is 3.55. The van der Waals surface area contributed by atoms with E-state index >= 15 is 0 Å². The van der Waals surface area contributed by atoms with E-state index in [0.29, 0.717) is 11.3 Å². The fraction of sp³-hybridized carbons (Fsp3) is 0. The highest BCUT2D eigenvalue weighted by Gasteiger charge is 2.01. The van der Waals surface area contributed by atoms with Gasteiger partial charge in [-0.2, -0.15) is 0 Å². The first-order chi connectivity index (χ1) is 6.25. The van der Waals surface area contributed by atoms with Gasteiger partial charge < -0.3 is 9.73 Å². The van der Waals surface area contributed by atoms with Gasteiger partial charge in [0.15, 0.2) is 12.0 Å². The van der Waals surface area contributed by atoms with Crippen LogP contribution in [0.1, 0.15) is 0 Å². The number of nitrogens with one attached hydrogen (secondary N) is 1. The van der Waals surface area contributed by atoms with Crippen LogP contribution in [0.2, 0.25) is 0 Å². The molecule has 13 heavy (non-hydrogen) atoms. The second-order valence-corrected chi connectivity index (χ2v) is 2.78. The lowest BCUT2D eigenvalue weighted by atomic mass is 10.3. The minimum absolute atomic E-state index is 0.587. The van der Waals surface area contributed by atoms with E-state index in [9.17, 15) is 4.79 Å². The summed E-state index contributed by atoms with van der Waals surface area (Å²) in [4.78, 5) is 14.4. The van der Waals surface area contributed by atoms with Gasteiger partial charge >= 0.3 is 5.37 Å². The van der Waals surface area contributed by atoms with Crippen molar-refractivity contribution < 1.29 is 9.21 Å². The van der Waals surface area contributed by atoms with E-state index < -0.39 is 5.37 Å². The average molecular weight is 197 g/mol. The molecule has 0 saturated carbocycles. The van der Waals surface area contributed by atoms with E-state index in [1.807, 2.05) is 0 Å². The van der Waals surface area contributed by atoms with Crippen molar-refractivity contribution in [3.8, 4) is 0 Å². The van der Waals surface area contributed by atoms with Gasteiger partial charge in [0.1, 0.15) is 5.52 Å². The zero-order chi connectivity index (χ0) is 9.26. The summed E-state index contributed by atoms with van der Waals surface area (Å²) in [6.45, 7) is 0. The van der Waals surface area contributed by atoms with Crippen LogP contribution in [-0.4, -0.2) is 10.4 Å². The third-order valence-corrected chi connectivity index (χ3v) is 1.67. The lowest BCUT2D eigenvalue weighted by Gasteiger charge is -1.97. The smallest absolute Gasteiger partial charge is 0.318 e. The Balaban J connectivity index is 2.42. The van der Waals surface area contributed by atoms with E-state index in [1.54, 1.807) is 18.2 Å². The summed E-state index contributed by atoms with van der Waals surface area (Å²) >= 11 is 5.14. The van der Waals surface area contributed by atoms with Crippen molar-refractivity contribution >= 4 is 33.8 Å². The lowest BCUT2D eigenvalue weighted by molar-refractivity contribution is 0.269. The Morgan fingerprint density at radius 3 is 3.15 bits per heavy atom. The zero-order valence-electron chi connectivity index (χ0n) is 6.45. The number of carbonyl (C=O) groups is 1. The minimum atomic E-state index is -0.626. The maximum atomic E-state index is 10.5. The van der Waals surface area contributed by atoms with E-state index in [2.05, 4.69) is 10.3 Å². The molecule has 1 aromatic carbocycles. The normalized spacial score (nSPS) is 10.2. The average Bonchev–Trinajstić information content (AvgIpc) is 2.49. The molecule has 4 nitrogen and oxygen atoms in total. The van der Waals surface area contributed by atoms with Crippen LogP contribution in [0.15, 0.2) is 29.0 Å². The maximum absolute atomic E-state index is 10.5. The predicted molar refractivity (Wildman–Crippen MR) is 48.9 cm³/mol. The Morgan fingerprint density at radius 1 is 1.54 bits per heavy atom. The molecule has 0 bridgehead atoms. The summed E-state index contributed by atoms with van der Waals surface area (Å²) in [5.74, 6) is 0. The van der Waals surface area contributed by atoms with Gasteiger partial charge in [0, 0.05) is 11.8 Å². The van der Waals surface area contributed by atoms with Gasteiger partial charge in [-0.25, -0.2) is 4.98 Å². The molecule has 0 spiro atoms. The molecule has 2 rings (SSSR count).